The summed E-state index contributed by atoms with van der Waals surface area (Å²) >= 11 is 0. The number of nitrogens with zero attached hydrogens (tertiary/aromatic N) is 3. The molecule has 22 heavy (non-hydrogen) atoms. The molecule has 0 saturated carbocycles. The fourth-order valence-corrected chi connectivity index (χ4v) is 2.02. The van der Waals surface area contributed by atoms with E-state index in [9.17, 15) is 23.1 Å². The number of carbonyl (C=O) groups excluding carboxylic acids is 1. The lowest BCUT2D eigenvalue weighted by Crippen LogP contribution is -2.14. The minimum absolute atomic E-state index is 0.0193. The number of hydrogen-bond donors (Lipinski definition) is 1. The van der Waals surface area contributed by atoms with Crippen molar-refractivity contribution in [2.75, 3.05) is 0 Å². The Labute approximate surface area is 121 Å². The highest BCUT2D eigenvalue weighted by atomic mass is 19.4. The number of halogens is 3. The van der Waals surface area contributed by atoms with Gasteiger partial charge < -0.3 is 5.11 Å². The first-order valence-corrected chi connectivity index (χ1v) is 6.13. The van der Waals surface area contributed by atoms with Gasteiger partial charge in [-0.15, -0.1) is 5.10 Å². The Kier molecular flexibility index (Phi) is 3.09. The van der Waals surface area contributed by atoms with Gasteiger partial charge in [-0.3, -0.25) is 4.79 Å². The smallest absolute Gasteiger partial charge is 0.416 e. The zero-order chi connectivity index (χ0) is 15.9. The van der Waals surface area contributed by atoms with Crippen LogP contribution in [0.2, 0.25) is 0 Å². The number of para-hydroxylation sites is 1. The van der Waals surface area contributed by atoms with Gasteiger partial charge in [-0.2, -0.15) is 17.9 Å². The van der Waals surface area contributed by atoms with Crippen LogP contribution in [0, 0.1) is 0 Å². The van der Waals surface area contributed by atoms with E-state index >= 15 is 0 Å². The molecular weight excluding hydrogens is 299 g/mol. The summed E-state index contributed by atoms with van der Waals surface area (Å²) < 4.78 is 38.8. The van der Waals surface area contributed by atoms with E-state index < -0.39 is 17.6 Å². The van der Waals surface area contributed by atoms with Crippen molar-refractivity contribution in [2.24, 2.45) is 0 Å². The van der Waals surface area contributed by atoms with Gasteiger partial charge in [0.15, 0.2) is 0 Å². The molecule has 0 saturated heterocycles. The molecule has 3 aromatic rings. The zero-order valence-corrected chi connectivity index (χ0v) is 10.9. The van der Waals surface area contributed by atoms with Gasteiger partial charge in [-0.25, -0.2) is 0 Å². The van der Waals surface area contributed by atoms with E-state index in [4.69, 9.17) is 0 Å². The van der Waals surface area contributed by atoms with E-state index in [1.54, 1.807) is 12.1 Å². The number of aromatic nitrogens is 3. The number of benzene rings is 2. The number of rotatable bonds is 1. The average molecular weight is 307 g/mol. The predicted octanol–water partition coefficient (Wildman–Crippen LogP) is 2.84. The number of fused-ring (bicyclic) bond motifs is 1. The molecule has 0 fully saturated rings. The Morgan fingerprint density at radius 2 is 1.86 bits per heavy atom. The number of hydrogen-bond acceptors (Lipinski definition) is 4. The van der Waals surface area contributed by atoms with Crippen molar-refractivity contribution < 1.29 is 23.1 Å². The van der Waals surface area contributed by atoms with E-state index in [-0.39, 0.29) is 22.3 Å². The molecule has 0 radical (unpaired) electrons. The third-order valence-electron chi connectivity index (χ3n) is 3.10. The minimum atomic E-state index is -4.50. The van der Waals surface area contributed by atoms with E-state index in [0.29, 0.717) is 0 Å². The molecule has 112 valence electrons. The van der Waals surface area contributed by atoms with Crippen LogP contribution in [-0.4, -0.2) is 26.0 Å². The van der Waals surface area contributed by atoms with Crippen LogP contribution >= 0.6 is 0 Å². The Balaban J connectivity index is 2.10. The Morgan fingerprint density at radius 3 is 2.55 bits per heavy atom. The van der Waals surface area contributed by atoms with Crippen molar-refractivity contribution in [3.8, 4) is 5.75 Å². The molecular formula is C14H8F3N3O2. The van der Waals surface area contributed by atoms with Gasteiger partial charge in [0.25, 0.3) is 5.91 Å². The summed E-state index contributed by atoms with van der Waals surface area (Å²) in [5.74, 6) is -0.927. The maximum absolute atomic E-state index is 12.6. The van der Waals surface area contributed by atoms with Crippen LogP contribution in [0.1, 0.15) is 15.9 Å². The summed E-state index contributed by atoms with van der Waals surface area (Å²) in [5.41, 5.74) is -0.823. The summed E-state index contributed by atoms with van der Waals surface area (Å²) in [5, 5.41) is 16.8. The summed E-state index contributed by atoms with van der Waals surface area (Å²) in [7, 11) is 0. The fraction of sp³-hybridized carbons (Fsp3) is 0.0714. The highest BCUT2D eigenvalue weighted by Gasteiger charge is 2.31. The number of alkyl halides is 3. The Bertz CT molecular complexity index is 871. The Hall–Kier alpha value is -2.90. The second-order valence-electron chi connectivity index (χ2n) is 4.52. The third kappa shape index (κ3) is 2.28. The molecule has 0 aliphatic rings. The largest absolute Gasteiger partial charge is 0.507 e. The third-order valence-corrected chi connectivity index (χ3v) is 3.10. The molecule has 0 bridgehead atoms. The van der Waals surface area contributed by atoms with Crippen LogP contribution < -0.4 is 0 Å². The number of carbonyl (C=O) groups is 1. The molecule has 0 aliphatic carbocycles. The first kappa shape index (κ1) is 14.1. The van der Waals surface area contributed by atoms with Gasteiger partial charge in [0.1, 0.15) is 11.3 Å². The topological polar surface area (TPSA) is 68.0 Å². The van der Waals surface area contributed by atoms with Gasteiger partial charge in [0.05, 0.1) is 16.6 Å². The molecule has 8 heteroatoms. The molecule has 3 rings (SSSR count). The summed E-state index contributed by atoms with van der Waals surface area (Å²) in [6.45, 7) is 0. The molecule has 1 aromatic heterocycles. The van der Waals surface area contributed by atoms with Crippen molar-refractivity contribution in [3.63, 3.8) is 0 Å². The van der Waals surface area contributed by atoms with E-state index in [2.05, 4.69) is 10.3 Å². The number of phenols is 1. The molecule has 0 atom stereocenters. The van der Waals surface area contributed by atoms with Gasteiger partial charge >= 0.3 is 6.18 Å². The monoisotopic (exact) mass is 307 g/mol. The van der Waals surface area contributed by atoms with Crippen LogP contribution in [0.15, 0.2) is 42.5 Å². The lowest BCUT2D eigenvalue weighted by Gasteiger charge is -2.06. The lowest BCUT2D eigenvalue weighted by atomic mass is 10.1. The van der Waals surface area contributed by atoms with Crippen molar-refractivity contribution in [2.45, 2.75) is 6.18 Å². The van der Waals surface area contributed by atoms with E-state index in [1.807, 2.05) is 0 Å². The lowest BCUT2D eigenvalue weighted by molar-refractivity contribution is -0.137. The number of phenolic OH excluding ortho intramolecular Hbond substituents is 1. The molecule has 5 nitrogen and oxygen atoms in total. The van der Waals surface area contributed by atoms with Crippen LogP contribution in [0.3, 0.4) is 0 Å². The van der Waals surface area contributed by atoms with Gasteiger partial charge in [-0.1, -0.05) is 17.3 Å². The van der Waals surface area contributed by atoms with Crippen LogP contribution in [0.25, 0.3) is 11.0 Å². The first-order valence-electron chi connectivity index (χ1n) is 6.13. The minimum Gasteiger partial charge on any atom is -0.507 e. The maximum atomic E-state index is 12.6. The van der Waals surface area contributed by atoms with Crippen molar-refractivity contribution in [1.82, 2.24) is 15.0 Å². The molecule has 1 N–H and O–H groups in total. The highest BCUT2D eigenvalue weighted by molar-refractivity contribution is 6.02. The second kappa shape index (κ2) is 4.83. The second-order valence-corrected chi connectivity index (χ2v) is 4.52. The zero-order valence-electron chi connectivity index (χ0n) is 10.9. The molecule has 0 spiro atoms. The molecule has 0 unspecified atom stereocenters. The Morgan fingerprint density at radius 1 is 1.14 bits per heavy atom. The van der Waals surface area contributed by atoms with Crippen LogP contribution in [0.5, 0.6) is 5.75 Å². The quantitative estimate of drug-likeness (QED) is 0.750. The summed E-state index contributed by atoms with van der Waals surface area (Å²) in [6, 6.07) is 8.59. The standard InChI is InChI=1S/C14H8F3N3O2/c15-14(16,17)8-5-6-11-10(7-8)18-19-20(11)13(22)9-3-1-2-4-12(9)21/h1-7,21H. The SMILES string of the molecule is O=C(c1ccccc1O)n1nnc2cc(C(F)(F)F)ccc21. The van der Waals surface area contributed by atoms with Crippen molar-refractivity contribution >= 4 is 16.9 Å². The van der Waals surface area contributed by atoms with Crippen LogP contribution in [-0.2, 0) is 6.18 Å². The maximum Gasteiger partial charge on any atom is 0.416 e. The highest BCUT2D eigenvalue weighted by Crippen LogP contribution is 2.31. The average Bonchev–Trinajstić information content (AvgIpc) is 2.89. The first-order chi connectivity index (χ1) is 10.4. The molecule has 0 amide bonds. The molecule has 1 heterocycles. The van der Waals surface area contributed by atoms with E-state index in [1.165, 1.54) is 12.1 Å². The predicted molar refractivity (Wildman–Crippen MR) is 70.4 cm³/mol. The molecule has 2 aromatic carbocycles. The van der Waals surface area contributed by atoms with Gasteiger partial charge in [0, 0.05) is 0 Å². The summed E-state index contributed by atoms with van der Waals surface area (Å²) in [4.78, 5) is 12.3. The molecule has 0 aliphatic heterocycles. The van der Waals surface area contributed by atoms with Crippen molar-refractivity contribution in [3.05, 3.63) is 53.6 Å². The van der Waals surface area contributed by atoms with Crippen LogP contribution in [0.4, 0.5) is 13.2 Å². The fourth-order valence-electron chi connectivity index (χ4n) is 2.02. The van der Waals surface area contributed by atoms with E-state index in [0.717, 1.165) is 22.9 Å². The van der Waals surface area contributed by atoms with Gasteiger partial charge in [0.2, 0.25) is 0 Å². The summed E-state index contributed by atoms with van der Waals surface area (Å²) in [6.07, 6.45) is -4.50. The van der Waals surface area contributed by atoms with Gasteiger partial charge in [-0.05, 0) is 30.3 Å². The van der Waals surface area contributed by atoms with Crippen molar-refractivity contribution in [1.29, 1.82) is 0 Å². The normalized spacial score (nSPS) is 11.8. The number of aromatic hydroxyl groups is 1.